The number of ketones is 1. The van der Waals surface area contributed by atoms with Crippen LogP contribution in [0.1, 0.15) is 15.2 Å². The SMILES string of the molecule is NC(=O)Oc1cccc(-c2ccnc3c(C(=O)c4cccs4)cnn23)c1. The van der Waals surface area contributed by atoms with E-state index >= 15 is 0 Å². The quantitative estimate of drug-likeness (QED) is 0.561. The summed E-state index contributed by atoms with van der Waals surface area (Å²) in [6, 6.07) is 12.2. The number of nitrogens with zero attached hydrogens (tertiary/aromatic N) is 3. The molecule has 128 valence electrons. The van der Waals surface area contributed by atoms with Crippen LogP contribution in [0.15, 0.2) is 60.2 Å². The molecule has 0 fully saturated rings. The fourth-order valence-electron chi connectivity index (χ4n) is 2.65. The number of thiophene rings is 1. The van der Waals surface area contributed by atoms with Crippen LogP contribution < -0.4 is 10.5 Å². The average Bonchev–Trinajstić information content (AvgIpc) is 3.30. The van der Waals surface area contributed by atoms with E-state index in [-0.39, 0.29) is 5.78 Å². The Kier molecular flexibility index (Phi) is 3.94. The predicted octanol–water partition coefficient (Wildman–Crippen LogP) is 3.15. The van der Waals surface area contributed by atoms with Gasteiger partial charge in [0, 0.05) is 11.8 Å². The maximum atomic E-state index is 12.7. The minimum absolute atomic E-state index is 0.120. The van der Waals surface area contributed by atoms with Gasteiger partial charge in [0.05, 0.1) is 22.3 Å². The number of rotatable bonds is 4. The van der Waals surface area contributed by atoms with Crippen molar-refractivity contribution in [3.63, 3.8) is 0 Å². The Morgan fingerprint density at radius 2 is 2.04 bits per heavy atom. The summed E-state index contributed by atoms with van der Waals surface area (Å²) >= 11 is 1.37. The first kappa shape index (κ1) is 16.0. The van der Waals surface area contributed by atoms with Crippen molar-refractivity contribution < 1.29 is 14.3 Å². The highest BCUT2D eigenvalue weighted by atomic mass is 32.1. The van der Waals surface area contributed by atoms with Gasteiger partial charge < -0.3 is 10.5 Å². The van der Waals surface area contributed by atoms with E-state index in [1.54, 1.807) is 41.0 Å². The van der Waals surface area contributed by atoms with Gasteiger partial charge in [0.15, 0.2) is 5.65 Å². The standard InChI is InChI=1S/C18H12N4O3S/c19-18(24)25-12-4-1-3-11(9-12)14-6-7-20-17-13(10-21-22(14)17)16(23)15-5-2-8-26-15/h1-10H,(H2,19,24). The summed E-state index contributed by atoms with van der Waals surface area (Å²) in [6.45, 7) is 0. The van der Waals surface area contributed by atoms with Gasteiger partial charge in [-0.15, -0.1) is 11.3 Å². The highest BCUT2D eigenvalue weighted by Crippen LogP contribution is 2.26. The van der Waals surface area contributed by atoms with Gasteiger partial charge in [0.25, 0.3) is 0 Å². The Labute approximate surface area is 151 Å². The predicted molar refractivity (Wildman–Crippen MR) is 96.4 cm³/mol. The fraction of sp³-hybridized carbons (Fsp3) is 0. The Bertz CT molecular complexity index is 1120. The van der Waals surface area contributed by atoms with Crippen molar-refractivity contribution in [2.24, 2.45) is 5.73 Å². The van der Waals surface area contributed by atoms with E-state index in [0.29, 0.717) is 27.5 Å². The minimum atomic E-state index is -0.884. The number of ether oxygens (including phenoxy) is 1. The first-order chi connectivity index (χ1) is 12.6. The molecule has 0 spiro atoms. The van der Waals surface area contributed by atoms with Gasteiger partial charge >= 0.3 is 6.09 Å². The van der Waals surface area contributed by atoms with Crippen LogP contribution in [0.5, 0.6) is 5.75 Å². The van der Waals surface area contributed by atoms with Crippen molar-refractivity contribution in [2.45, 2.75) is 0 Å². The van der Waals surface area contributed by atoms with E-state index in [1.165, 1.54) is 17.5 Å². The van der Waals surface area contributed by atoms with Crippen molar-refractivity contribution in [1.29, 1.82) is 0 Å². The minimum Gasteiger partial charge on any atom is -0.410 e. The maximum absolute atomic E-state index is 12.7. The number of carbonyl (C=O) groups is 2. The van der Waals surface area contributed by atoms with E-state index in [2.05, 4.69) is 10.1 Å². The summed E-state index contributed by atoms with van der Waals surface area (Å²) in [5.41, 5.74) is 7.40. The second-order valence-electron chi connectivity index (χ2n) is 5.38. The van der Waals surface area contributed by atoms with Crippen LogP contribution in [-0.2, 0) is 0 Å². The van der Waals surface area contributed by atoms with E-state index in [0.717, 1.165) is 5.56 Å². The molecule has 7 nitrogen and oxygen atoms in total. The molecule has 26 heavy (non-hydrogen) atoms. The van der Waals surface area contributed by atoms with Gasteiger partial charge in [-0.3, -0.25) is 4.79 Å². The number of benzene rings is 1. The molecule has 4 aromatic rings. The summed E-state index contributed by atoms with van der Waals surface area (Å²) < 4.78 is 6.51. The molecule has 0 radical (unpaired) electrons. The molecule has 1 amide bonds. The second kappa shape index (κ2) is 6.41. The molecule has 4 rings (SSSR count). The lowest BCUT2D eigenvalue weighted by molar-refractivity contribution is 0.104. The van der Waals surface area contributed by atoms with Crippen LogP contribution >= 0.6 is 11.3 Å². The summed E-state index contributed by atoms with van der Waals surface area (Å²) in [4.78, 5) is 28.5. The molecule has 3 aromatic heterocycles. The molecular weight excluding hydrogens is 352 g/mol. The monoisotopic (exact) mass is 364 g/mol. The Morgan fingerprint density at radius 3 is 2.81 bits per heavy atom. The maximum Gasteiger partial charge on any atom is 0.409 e. The normalized spacial score (nSPS) is 10.8. The van der Waals surface area contributed by atoms with E-state index in [1.807, 2.05) is 17.5 Å². The number of carbonyl (C=O) groups excluding carboxylic acids is 2. The van der Waals surface area contributed by atoms with Gasteiger partial charge in [-0.05, 0) is 29.6 Å². The molecule has 0 bridgehead atoms. The van der Waals surface area contributed by atoms with E-state index in [4.69, 9.17) is 10.5 Å². The van der Waals surface area contributed by atoms with Crippen LogP contribution in [-0.4, -0.2) is 26.5 Å². The van der Waals surface area contributed by atoms with E-state index < -0.39 is 6.09 Å². The van der Waals surface area contributed by atoms with Crippen LogP contribution in [0.4, 0.5) is 4.79 Å². The third kappa shape index (κ3) is 2.82. The van der Waals surface area contributed by atoms with Crippen molar-refractivity contribution >= 4 is 28.9 Å². The average molecular weight is 364 g/mol. The van der Waals surface area contributed by atoms with Crippen LogP contribution in [0, 0.1) is 0 Å². The molecule has 0 saturated carbocycles. The number of primary amides is 1. The zero-order chi connectivity index (χ0) is 18.1. The van der Waals surface area contributed by atoms with Crippen molar-refractivity contribution in [2.75, 3.05) is 0 Å². The molecule has 8 heteroatoms. The Hall–Kier alpha value is -3.52. The van der Waals surface area contributed by atoms with Crippen molar-refractivity contribution in [1.82, 2.24) is 14.6 Å². The molecule has 0 saturated heterocycles. The number of aromatic nitrogens is 3. The largest absolute Gasteiger partial charge is 0.410 e. The second-order valence-corrected chi connectivity index (χ2v) is 6.33. The number of hydrogen-bond donors (Lipinski definition) is 1. The summed E-state index contributed by atoms with van der Waals surface area (Å²) in [7, 11) is 0. The van der Waals surface area contributed by atoms with Crippen LogP contribution in [0.3, 0.4) is 0 Å². The first-order valence-corrected chi connectivity index (χ1v) is 8.50. The Morgan fingerprint density at radius 1 is 1.15 bits per heavy atom. The molecule has 3 heterocycles. The summed E-state index contributed by atoms with van der Waals surface area (Å²) in [6.07, 6.45) is 2.24. The highest BCUT2D eigenvalue weighted by Gasteiger charge is 2.18. The lowest BCUT2D eigenvalue weighted by atomic mass is 10.1. The molecule has 2 N–H and O–H groups in total. The van der Waals surface area contributed by atoms with Crippen molar-refractivity contribution in [3.8, 4) is 17.0 Å². The third-order valence-electron chi connectivity index (χ3n) is 3.74. The van der Waals surface area contributed by atoms with Gasteiger partial charge in [0.2, 0.25) is 5.78 Å². The Balaban J connectivity index is 1.81. The zero-order valence-corrected chi connectivity index (χ0v) is 14.1. The molecule has 0 aliphatic heterocycles. The van der Waals surface area contributed by atoms with Gasteiger partial charge in [-0.25, -0.2) is 14.3 Å². The van der Waals surface area contributed by atoms with Gasteiger partial charge in [-0.2, -0.15) is 5.10 Å². The third-order valence-corrected chi connectivity index (χ3v) is 4.61. The lowest BCUT2D eigenvalue weighted by Gasteiger charge is -2.07. The highest BCUT2D eigenvalue weighted by molar-refractivity contribution is 7.12. The van der Waals surface area contributed by atoms with Gasteiger partial charge in [-0.1, -0.05) is 18.2 Å². The van der Waals surface area contributed by atoms with Crippen LogP contribution in [0.2, 0.25) is 0 Å². The summed E-state index contributed by atoms with van der Waals surface area (Å²) in [5, 5.41) is 6.17. The lowest BCUT2D eigenvalue weighted by Crippen LogP contribution is -2.16. The number of nitrogens with two attached hydrogens (primary N) is 1. The van der Waals surface area contributed by atoms with Gasteiger partial charge in [0.1, 0.15) is 5.75 Å². The van der Waals surface area contributed by atoms with Crippen molar-refractivity contribution in [3.05, 3.63) is 70.7 Å². The molecule has 0 aliphatic rings. The topological polar surface area (TPSA) is 99.6 Å². The van der Waals surface area contributed by atoms with E-state index in [9.17, 15) is 9.59 Å². The van der Waals surface area contributed by atoms with Crippen LogP contribution in [0.25, 0.3) is 16.9 Å². The first-order valence-electron chi connectivity index (χ1n) is 7.62. The number of fused-ring (bicyclic) bond motifs is 1. The molecule has 0 atom stereocenters. The number of amides is 1. The summed E-state index contributed by atoms with van der Waals surface area (Å²) in [5.74, 6) is 0.201. The molecule has 1 aromatic carbocycles. The molecule has 0 aliphatic carbocycles. The fourth-order valence-corrected chi connectivity index (χ4v) is 3.32. The smallest absolute Gasteiger partial charge is 0.409 e. The zero-order valence-electron chi connectivity index (χ0n) is 13.3. The molecular formula is C18H12N4O3S. The number of hydrogen-bond acceptors (Lipinski definition) is 6. The molecule has 0 unspecified atom stereocenters.